The van der Waals surface area contributed by atoms with Crippen molar-refractivity contribution in [1.29, 1.82) is 0 Å². The molecule has 0 aliphatic heterocycles. The van der Waals surface area contributed by atoms with E-state index in [2.05, 4.69) is 4.98 Å². The van der Waals surface area contributed by atoms with E-state index in [1.54, 1.807) is 12.3 Å². The zero-order valence-electron chi connectivity index (χ0n) is 8.77. The van der Waals surface area contributed by atoms with Gasteiger partial charge in [0.15, 0.2) is 0 Å². The molecule has 0 unspecified atom stereocenters. The molecule has 1 atom stereocenters. The van der Waals surface area contributed by atoms with E-state index in [4.69, 9.17) is 22.4 Å². The van der Waals surface area contributed by atoms with Crippen LogP contribution < -0.4 is 5.73 Å². The lowest BCUT2D eigenvalue weighted by Crippen LogP contribution is -2.32. The predicted octanol–water partition coefficient (Wildman–Crippen LogP) is 1.48. The first-order valence-electron chi connectivity index (χ1n) is 4.96. The average Bonchev–Trinajstić information content (AvgIpc) is 2.62. The van der Waals surface area contributed by atoms with E-state index in [1.807, 2.05) is 0 Å². The Morgan fingerprint density at radius 3 is 2.88 bits per heavy atom. The van der Waals surface area contributed by atoms with Gasteiger partial charge in [0.2, 0.25) is 0 Å². The van der Waals surface area contributed by atoms with Gasteiger partial charge in [-0.05, 0) is 17.7 Å². The highest BCUT2D eigenvalue weighted by molar-refractivity contribution is 6.32. The van der Waals surface area contributed by atoms with E-state index >= 15 is 0 Å². The first-order chi connectivity index (χ1) is 7.99. The summed E-state index contributed by atoms with van der Waals surface area (Å²) in [6.45, 7) is 0. The molecule has 0 aliphatic carbocycles. The molecule has 2 rings (SSSR count). The van der Waals surface area contributed by atoms with Gasteiger partial charge in [0.05, 0.1) is 5.02 Å². The Hall–Kier alpha value is -1.72. The summed E-state index contributed by atoms with van der Waals surface area (Å²) in [4.78, 5) is 13.6. The van der Waals surface area contributed by atoms with Crippen LogP contribution in [0, 0.1) is 0 Å². The van der Waals surface area contributed by atoms with Crippen LogP contribution in [-0.4, -0.2) is 27.2 Å². The molecule has 0 aliphatic rings. The number of hydrogen-bond donors (Lipinski definition) is 4. The third-order valence-electron chi connectivity index (χ3n) is 2.59. The second-order valence-corrected chi connectivity index (χ2v) is 4.22. The van der Waals surface area contributed by atoms with E-state index < -0.39 is 12.0 Å². The number of phenolic OH excluding ortho intramolecular Hbond substituents is 1. The van der Waals surface area contributed by atoms with Gasteiger partial charge >= 0.3 is 5.97 Å². The van der Waals surface area contributed by atoms with Gasteiger partial charge in [-0.3, -0.25) is 4.79 Å². The molecule has 17 heavy (non-hydrogen) atoms. The Bertz CT molecular complexity index is 579. The number of nitrogens with one attached hydrogen (secondary N) is 1. The molecule has 90 valence electrons. The minimum Gasteiger partial charge on any atom is -0.506 e. The molecule has 0 fully saturated rings. The van der Waals surface area contributed by atoms with Crippen LogP contribution in [0.15, 0.2) is 18.3 Å². The number of carboxylic acid groups (broad SMARTS) is 1. The van der Waals surface area contributed by atoms with Crippen molar-refractivity contribution in [2.75, 3.05) is 0 Å². The number of carbonyl (C=O) groups is 1. The molecule has 1 aromatic carbocycles. The van der Waals surface area contributed by atoms with Crippen molar-refractivity contribution in [1.82, 2.24) is 4.98 Å². The number of phenols is 1. The van der Waals surface area contributed by atoms with Crippen LogP contribution in [0.5, 0.6) is 5.75 Å². The van der Waals surface area contributed by atoms with Crippen LogP contribution in [0.3, 0.4) is 0 Å². The number of H-pyrrole nitrogens is 1. The van der Waals surface area contributed by atoms with Crippen LogP contribution in [0.2, 0.25) is 5.02 Å². The molecule has 5 N–H and O–H groups in total. The van der Waals surface area contributed by atoms with Crippen LogP contribution in [0.4, 0.5) is 0 Å². The fourth-order valence-electron chi connectivity index (χ4n) is 1.68. The van der Waals surface area contributed by atoms with Gasteiger partial charge in [-0.1, -0.05) is 11.6 Å². The van der Waals surface area contributed by atoms with Crippen molar-refractivity contribution in [2.45, 2.75) is 12.5 Å². The molecule has 6 heteroatoms. The smallest absolute Gasteiger partial charge is 0.320 e. The van der Waals surface area contributed by atoms with E-state index in [9.17, 15) is 9.90 Å². The minimum absolute atomic E-state index is 0.0380. The number of hydrogen-bond acceptors (Lipinski definition) is 3. The maximum atomic E-state index is 10.7. The third kappa shape index (κ3) is 2.20. The Labute approximate surface area is 102 Å². The minimum atomic E-state index is -1.06. The predicted molar refractivity (Wildman–Crippen MR) is 64.3 cm³/mol. The number of aromatic nitrogens is 1. The Balaban J connectivity index is 2.42. The normalized spacial score (nSPS) is 12.8. The van der Waals surface area contributed by atoms with Crippen molar-refractivity contribution < 1.29 is 15.0 Å². The molecule has 0 radical (unpaired) electrons. The molecule has 5 nitrogen and oxygen atoms in total. The summed E-state index contributed by atoms with van der Waals surface area (Å²) in [6, 6.07) is 2.12. The molecular weight excluding hydrogens is 244 g/mol. The fraction of sp³-hybridized carbons (Fsp3) is 0.182. The number of carboxylic acids is 1. The van der Waals surface area contributed by atoms with Crippen molar-refractivity contribution in [3.8, 4) is 5.75 Å². The summed E-state index contributed by atoms with van der Waals surface area (Å²) < 4.78 is 0. The maximum absolute atomic E-state index is 10.7. The van der Waals surface area contributed by atoms with Crippen LogP contribution in [0.25, 0.3) is 10.9 Å². The number of aromatic hydroxyl groups is 1. The van der Waals surface area contributed by atoms with E-state index in [0.29, 0.717) is 0 Å². The average molecular weight is 255 g/mol. The summed E-state index contributed by atoms with van der Waals surface area (Å²) in [7, 11) is 0. The van der Waals surface area contributed by atoms with E-state index in [0.717, 1.165) is 16.5 Å². The Morgan fingerprint density at radius 2 is 2.24 bits per heavy atom. The summed E-state index contributed by atoms with van der Waals surface area (Å²) in [5, 5.41) is 19.2. The molecule has 0 spiro atoms. The largest absolute Gasteiger partial charge is 0.506 e. The fourth-order valence-corrected chi connectivity index (χ4v) is 1.85. The standard InChI is InChI=1S/C11H11ClN2O3/c12-7-3-9-6(2-10(7)15)5(4-14-9)1-8(13)11(16)17/h2-4,8,14-15H,1,13H2,(H,16,17)/t8-/m0/s1. The van der Waals surface area contributed by atoms with Gasteiger partial charge in [-0.25, -0.2) is 0 Å². The van der Waals surface area contributed by atoms with Gasteiger partial charge in [-0.15, -0.1) is 0 Å². The topological polar surface area (TPSA) is 99.3 Å². The molecular formula is C11H11ClN2O3. The molecule has 0 amide bonds. The van der Waals surface area contributed by atoms with Gasteiger partial charge in [0.1, 0.15) is 11.8 Å². The Kier molecular flexibility index (Phi) is 2.95. The number of rotatable bonds is 3. The summed E-state index contributed by atoms with van der Waals surface area (Å²) in [6.07, 6.45) is 1.86. The molecule has 0 bridgehead atoms. The van der Waals surface area contributed by atoms with Gasteiger partial charge < -0.3 is 20.9 Å². The monoisotopic (exact) mass is 254 g/mol. The van der Waals surface area contributed by atoms with Crippen molar-refractivity contribution in [3.05, 3.63) is 28.9 Å². The lowest BCUT2D eigenvalue weighted by atomic mass is 10.1. The van der Waals surface area contributed by atoms with Crippen molar-refractivity contribution in [2.24, 2.45) is 5.73 Å². The third-order valence-corrected chi connectivity index (χ3v) is 2.89. The number of halogens is 1. The lowest BCUT2D eigenvalue weighted by Gasteiger charge is -2.05. The first-order valence-corrected chi connectivity index (χ1v) is 5.33. The van der Waals surface area contributed by atoms with Crippen LogP contribution in [0.1, 0.15) is 5.56 Å². The van der Waals surface area contributed by atoms with Crippen LogP contribution >= 0.6 is 11.6 Å². The van der Waals surface area contributed by atoms with Gasteiger partial charge in [0.25, 0.3) is 0 Å². The summed E-state index contributed by atoms with van der Waals surface area (Å²) in [5.41, 5.74) is 6.94. The number of aromatic amines is 1. The number of fused-ring (bicyclic) bond motifs is 1. The molecule has 2 aromatic rings. The number of nitrogens with two attached hydrogens (primary N) is 1. The summed E-state index contributed by atoms with van der Waals surface area (Å²) >= 11 is 5.76. The quantitative estimate of drug-likeness (QED) is 0.667. The van der Waals surface area contributed by atoms with E-state index in [-0.39, 0.29) is 17.2 Å². The van der Waals surface area contributed by atoms with Crippen LogP contribution in [-0.2, 0) is 11.2 Å². The van der Waals surface area contributed by atoms with E-state index in [1.165, 1.54) is 6.07 Å². The zero-order valence-corrected chi connectivity index (χ0v) is 9.53. The first kappa shape index (κ1) is 11.8. The number of benzene rings is 1. The highest BCUT2D eigenvalue weighted by Crippen LogP contribution is 2.30. The zero-order chi connectivity index (χ0) is 12.6. The summed E-state index contributed by atoms with van der Waals surface area (Å²) in [5.74, 6) is -1.10. The lowest BCUT2D eigenvalue weighted by molar-refractivity contribution is -0.138. The van der Waals surface area contributed by atoms with Crippen molar-refractivity contribution >= 4 is 28.5 Å². The Morgan fingerprint density at radius 1 is 1.53 bits per heavy atom. The van der Waals surface area contributed by atoms with Crippen molar-refractivity contribution in [3.63, 3.8) is 0 Å². The SMILES string of the molecule is N[C@@H](Cc1c[nH]c2cc(Cl)c(O)cc12)C(=O)O. The van der Waals surface area contributed by atoms with Gasteiger partial charge in [-0.2, -0.15) is 0 Å². The molecule has 1 aromatic heterocycles. The maximum Gasteiger partial charge on any atom is 0.320 e. The number of aliphatic carboxylic acids is 1. The van der Waals surface area contributed by atoms with Gasteiger partial charge in [0, 0.05) is 23.5 Å². The molecule has 0 saturated carbocycles. The highest BCUT2D eigenvalue weighted by atomic mass is 35.5. The second-order valence-electron chi connectivity index (χ2n) is 3.81. The molecule has 1 heterocycles. The second kappa shape index (κ2) is 4.27. The highest BCUT2D eigenvalue weighted by Gasteiger charge is 2.15. The molecule has 0 saturated heterocycles.